The minimum absolute atomic E-state index is 0.379. The number of aldehydes is 1. The normalized spacial score (nSPS) is 10.6. The Morgan fingerprint density at radius 1 is 1.50 bits per heavy atom. The SMILES string of the molecule is CCc1ccc2ncn(CC=O)c2c1. The summed E-state index contributed by atoms with van der Waals surface area (Å²) in [5.74, 6) is 0. The van der Waals surface area contributed by atoms with Crippen LogP contribution in [0.25, 0.3) is 11.0 Å². The zero-order chi connectivity index (χ0) is 9.97. The number of aromatic nitrogens is 2. The van der Waals surface area contributed by atoms with Crippen LogP contribution in [0.1, 0.15) is 12.5 Å². The van der Waals surface area contributed by atoms with E-state index in [0.717, 1.165) is 23.7 Å². The zero-order valence-electron chi connectivity index (χ0n) is 8.10. The van der Waals surface area contributed by atoms with Crippen molar-refractivity contribution in [3.8, 4) is 0 Å². The number of carbonyl (C=O) groups excluding carboxylic acids is 1. The number of nitrogens with zero attached hydrogens (tertiary/aromatic N) is 2. The van der Waals surface area contributed by atoms with Crippen LogP contribution in [0.5, 0.6) is 0 Å². The van der Waals surface area contributed by atoms with Crippen LogP contribution in [0.3, 0.4) is 0 Å². The van der Waals surface area contributed by atoms with Gasteiger partial charge in [0.05, 0.1) is 23.9 Å². The second kappa shape index (κ2) is 3.62. The number of imidazole rings is 1. The molecule has 2 rings (SSSR count). The van der Waals surface area contributed by atoms with Crippen molar-refractivity contribution in [2.75, 3.05) is 0 Å². The third kappa shape index (κ3) is 1.41. The van der Waals surface area contributed by atoms with Crippen LogP contribution in [0.4, 0.5) is 0 Å². The van der Waals surface area contributed by atoms with Crippen molar-refractivity contribution in [2.45, 2.75) is 19.9 Å². The molecule has 72 valence electrons. The largest absolute Gasteiger partial charge is 0.323 e. The monoisotopic (exact) mass is 188 g/mol. The Morgan fingerprint density at radius 2 is 2.36 bits per heavy atom. The van der Waals surface area contributed by atoms with Crippen LogP contribution in [0.2, 0.25) is 0 Å². The van der Waals surface area contributed by atoms with E-state index in [1.54, 1.807) is 6.33 Å². The Labute approximate surface area is 82.4 Å². The lowest BCUT2D eigenvalue weighted by molar-refractivity contribution is -0.108. The van der Waals surface area contributed by atoms with Gasteiger partial charge in [-0.05, 0) is 24.1 Å². The molecule has 0 fully saturated rings. The van der Waals surface area contributed by atoms with E-state index in [9.17, 15) is 4.79 Å². The Bertz CT molecular complexity index is 459. The molecule has 0 saturated carbocycles. The lowest BCUT2D eigenvalue weighted by atomic mass is 10.1. The van der Waals surface area contributed by atoms with E-state index < -0.39 is 0 Å². The van der Waals surface area contributed by atoms with E-state index >= 15 is 0 Å². The fourth-order valence-electron chi connectivity index (χ4n) is 1.55. The molecule has 0 unspecified atom stereocenters. The molecule has 1 aromatic heterocycles. The summed E-state index contributed by atoms with van der Waals surface area (Å²) in [6, 6.07) is 6.15. The van der Waals surface area contributed by atoms with Crippen molar-refractivity contribution in [1.82, 2.24) is 9.55 Å². The van der Waals surface area contributed by atoms with Crippen LogP contribution < -0.4 is 0 Å². The third-order valence-corrected chi connectivity index (χ3v) is 2.36. The topological polar surface area (TPSA) is 34.9 Å². The Hall–Kier alpha value is -1.64. The van der Waals surface area contributed by atoms with Gasteiger partial charge in [-0.3, -0.25) is 0 Å². The first kappa shape index (κ1) is 8.94. The van der Waals surface area contributed by atoms with Crippen LogP contribution in [0, 0.1) is 0 Å². The minimum Gasteiger partial charge on any atom is -0.323 e. The highest BCUT2D eigenvalue weighted by molar-refractivity contribution is 5.76. The van der Waals surface area contributed by atoms with E-state index in [-0.39, 0.29) is 0 Å². The van der Waals surface area contributed by atoms with Gasteiger partial charge in [0, 0.05) is 0 Å². The second-order valence-corrected chi connectivity index (χ2v) is 3.24. The van der Waals surface area contributed by atoms with Crippen molar-refractivity contribution in [3.63, 3.8) is 0 Å². The molecule has 0 atom stereocenters. The van der Waals surface area contributed by atoms with Gasteiger partial charge in [-0.15, -0.1) is 0 Å². The Balaban J connectivity index is 2.57. The first-order valence-electron chi connectivity index (χ1n) is 4.72. The van der Waals surface area contributed by atoms with Crippen molar-refractivity contribution < 1.29 is 4.79 Å². The highest BCUT2D eigenvalue weighted by Crippen LogP contribution is 2.14. The molecule has 0 saturated heterocycles. The summed E-state index contributed by atoms with van der Waals surface area (Å²) in [5.41, 5.74) is 3.26. The number of benzene rings is 1. The van der Waals surface area contributed by atoms with Gasteiger partial charge in [0.2, 0.25) is 0 Å². The van der Waals surface area contributed by atoms with Gasteiger partial charge in [-0.1, -0.05) is 13.0 Å². The molecule has 0 amide bonds. The van der Waals surface area contributed by atoms with Gasteiger partial charge in [0.15, 0.2) is 0 Å². The predicted octanol–water partition coefficient (Wildman–Crippen LogP) is 1.80. The highest BCUT2D eigenvalue weighted by atomic mass is 16.1. The van der Waals surface area contributed by atoms with Crippen molar-refractivity contribution in [2.24, 2.45) is 0 Å². The first-order valence-corrected chi connectivity index (χ1v) is 4.72. The van der Waals surface area contributed by atoms with Crippen molar-refractivity contribution in [1.29, 1.82) is 0 Å². The van der Waals surface area contributed by atoms with Gasteiger partial charge in [-0.2, -0.15) is 0 Å². The molecule has 3 heteroatoms. The van der Waals surface area contributed by atoms with E-state index in [4.69, 9.17) is 0 Å². The van der Waals surface area contributed by atoms with Gasteiger partial charge < -0.3 is 9.36 Å². The highest BCUT2D eigenvalue weighted by Gasteiger charge is 2.01. The molecule has 3 nitrogen and oxygen atoms in total. The number of fused-ring (bicyclic) bond motifs is 1. The number of rotatable bonds is 3. The lowest BCUT2D eigenvalue weighted by Crippen LogP contribution is -1.96. The molecule has 2 aromatic rings. The van der Waals surface area contributed by atoms with E-state index in [1.165, 1.54) is 5.56 Å². The molecule has 14 heavy (non-hydrogen) atoms. The number of hydrogen-bond donors (Lipinski definition) is 0. The molecule has 0 spiro atoms. The predicted molar refractivity (Wildman–Crippen MR) is 55.2 cm³/mol. The number of hydrogen-bond acceptors (Lipinski definition) is 2. The Kier molecular flexibility index (Phi) is 2.31. The van der Waals surface area contributed by atoms with Crippen molar-refractivity contribution in [3.05, 3.63) is 30.1 Å². The summed E-state index contributed by atoms with van der Waals surface area (Å²) in [7, 11) is 0. The molecule has 0 aliphatic heterocycles. The molecule has 0 aliphatic carbocycles. The van der Waals surface area contributed by atoms with Gasteiger partial charge >= 0.3 is 0 Å². The summed E-state index contributed by atoms with van der Waals surface area (Å²) in [5, 5.41) is 0. The fourth-order valence-corrected chi connectivity index (χ4v) is 1.55. The average Bonchev–Trinajstić information content (AvgIpc) is 2.61. The molecule has 0 N–H and O–H groups in total. The molecule has 1 aromatic carbocycles. The van der Waals surface area contributed by atoms with Crippen LogP contribution in [-0.4, -0.2) is 15.8 Å². The molecule has 0 bridgehead atoms. The second-order valence-electron chi connectivity index (χ2n) is 3.24. The summed E-state index contributed by atoms with van der Waals surface area (Å²) < 4.78 is 1.86. The first-order chi connectivity index (χ1) is 6.85. The smallest absolute Gasteiger partial charge is 0.139 e. The summed E-state index contributed by atoms with van der Waals surface area (Å²) >= 11 is 0. The Morgan fingerprint density at radius 3 is 3.07 bits per heavy atom. The lowest BCUT2D eigenvalue weighted by Gasteiger charge is -2.00. The standard InChI is InChI=1S/C11H12N2O/c1-2-9-3-4-10-11(7-9)13(5-6-14)8-12-10/h3-4,6-8H,2,5H2,1H3. The van der Waals surface area contributed by atoms with Crippen LogP contribution >= 0.6 is 0 Å². The van der Waals surface area contributed by atoms with E-state index in [0.29, 0.717) is 6.54 Å². The molecular weight excluding hydrogens is 176 g/mol. The molecule has 0 radical (unpaired) electrons. The van der Waals surface area contributed by atoms with Crippen LogP contribution in [0.15, 0.2) is 24.5 Å². The molecular formula is C11H12N2O. The maximum absolute atomic E-state index is 10.4. The zero-order valence-corrected chi connectivity index (χ0v) is 8.10. The van der Waals surface area contributed by atoms with Gasteiger partial charge in [-0.25, -0.2) is 4.98 Å². The van der Waals surface area contributed by atoms with Crippen LogP contribution in [-0.2, 0) is 17.8 Å². The minimum atomic E-state index is 0.379. The maximum atomic E-state index is 10.4. The van der Waals surface area contributed by atoms with Gasteiger partial charge in [0.25, 0.3) is 0 Å². The maximum Gasteiger partial charge on any atom is 0.139 e. The molecule has 1 heterocycles. The van der Waals surface area contributed by atoms with Gasteiger partial charge in [0.1, 0.15) is 6.29 Å². The third-order valence-electron chi connectivity index (χ3n) is 2.36. The quantitative estimate of drug-likeness (QED) is 0.688. The van der Waals surface area contributed by atoms with E-state index in [2.05, 4.69) is 24.0 Å². The summed E-state index contributed by atoms with van der Waals surface area (Å²) in [4.78, 5) is 14.6. The van der Waals surface area contributed by atoms with E-state index in [1.807, 2.05) is 10.6 Å². The summed E-state index contributed by atoms with van der Waals surface area (Å²) in [6.45, 7) is 2.49. The summed E-state index contributed by atoms with van der Waals surface area (Å²) in [6.07, 6.45) is 3.60. The fraction of sp³-hybridized carbons (Fsp3) is 0.273. The molecule has 0 aliphatic rings. The van der Waals surface area contributed by atoms with Crippen molar-refractivity contribution >= 4 is 17.3 Å². The number of carbonyl (C=O) groups is 1. The average molecular weight is 188 g/mol. The number of aryl methyl sites for hydroxylation is 1.